The van der Waals surface area contributed by atoms with E-state index in [9.17, 15) is 4.79 Å². The van der Waals surface area contributed by atoms with Crippen LogP contribution < -0.4 is 5.32 Å². The number of ketones is 1. The van der Waals surface area contributed by atoms with Crippen molar-refractivity contribution in [3.63, 3.8) is 0 Å². The lowest BCUT2D eigenvalue weighted by Gasteiger charge is -2.18. The summed E-state index contributed by atoms with van der Waals surface area (Å²) in [6.45, 7) is 4.21. The van der Waals surface area contributed by atoms with Crippen molar-refractivity contribution < 1.29 is 4.79 Å². The fourth-order valence-corrected chi connectivity index (χ4v) is 4.21. The second kappa shape index (κ2) is 9.22. The van der Waals surface area contributed by atoms with Gasteiger partial charge in [-0.05, 0) is 43.9 Å². The zero-order chi connectivity index (χ0) is 21.8. The predicted molar refractivity (Wildman–Crippen MR) is 126 cm³/mol. The van der Waals surface area contributed by atoms with Crippen LogP contribution in [0.1, 0.15) is 33.8 Å². The molecule has 0 saturated heterocycles. The number of hydrogen-bond acceptors (Lipinski definition) is 7. The maximum Gasteiger partial charge on any atom is 0.160 e. The van der Waals surface area contributed by atoms with E-state index >= 15 is 0 Å². The highest BCUT2D eigenvalue weighted by molar-refractivity contribution is 7.98. The summed E-state index contributed by atoms with van der Waals surface area (Å²) in [5.74, 6) is 0.796. The highest BCUT2D eigenvalue weighted by Gasteiger charge is 2.17. The van der Waals surface area contributed by atoms with Gasteiger partial charge in [0.15, 0.2) is 5.78 Å². The molecule has 1 atom stereocenters. The zero-order valence-corrected chi connectivity index (χ0v) is 18.5. The summed E-state index contributed by atoms with van der Waals surface area (Å²) in [5, 5.41) is 4.46. The summed E-state index contributed by atoms with van der Waals surface area (Å²) in [7, 11) is 0. The Balaban J connectivity index is 1.58. The molecular formula is C24H23N5OS. The standard InChI is InChI=1S/C24H23N5OS/c1-15-7-8-17(12-26-15)21-11-23(29-14-28-21)27-13-22(31-3)20-6-4-5-19-18(16(2)30)9-10-25-24(19)20/h4-12,14,22H,13H2,1-3H3,(H,27,28,29). The van der Waals surface area contributed by atoms with E-state index in [2.05, 4.69) is 37.6 Å². The van der Waals surface area contributed by atoms with Gasteiger partial charge in [0.05, 0.1) is 11.2 Å². The van der Waals surface area contributed by atoms with Gasteiger partial charge in [-0.3, -0.25) is 14.8 Å². The van der Waals surface area contributed by atoms with Gasteiger partial charge in [0, 0.05) is 52.5 Å². The zero-order valence-electron chi connectivity index (χ0n) is 17.7. The van der Waals surface area contributed by atoms with Crippen LogP contribution >= 0.6 is 11.8 Å². The third-order valence-corrected chi connectivity index (χ3v) is 6.15. The van der Waals surface area contributed by atoms with E-state index in [4.69, 9.17) is 0 Å². The van der Waals surface area contributed by atoms with E-state index in [1.165, 1.54) is 0 Å². The summed E-state index contributed by atoms with van der Waals surface area (Å²) >= 11 is 1.73. The number of thioether (sulfide) groups is 1. The molecule has 7 heteroatoms. The van der Waals surface area contributed by atoms with Crippen LogP contribution in [0, 0.1) is 6.92 Å². The van der Waals surface area contributed by atoms with Gasteiger partial charge in [-0.15, -0.1) is 0 Å². The van der Waals surface area contributed by atoms with Gasteiger partial charge in [0.1, 0.15) is 12.1 Å². The molecule has 4 rings (SSSR count). The molecule has 31 heavy (non-hydrogen) atoms. The number of nitrogens with zero attached hydrogens (tertiary/aromatic N) is 4. The van der Waals surface area contributed by atoms with E-state index in [-0.39, 0.29) is 11.0 Å². The van der Waals surface area contributed by atoms with Crippen LogP contribution in [0.25, 0.3) is 22.2 Å². The van der Waals surface area contributed by atoms with Gasteiger partial charge >= 0.3 is 0 Å². The van der Waals surface area contributed by atoms with Crippen molar-refractivity contribution in [1.82, 2.24) is 19.9 Å². The molecule has 0 amide bonds. The van der Waals surface area contributed by atoms with E-state index in [0.29, 0.717) is 12.1 Å². The first-order valence-electron chi connectivity index (χ1n) is 9.97. The molecule has 3 heterocycles. The predicted octanol–water partition coefficient (Wildman–Crippen LogP) is 5.11. The molecule has 0 bridgehead atoms. The first kappa shape index (κ1) is 20.9. The van der Waals surface area contributed by atoms with Crippen molar-refractivity contribution in [3.8, 4) is 11.3 Å². The average molecular weight is 430 g/mol. The van der Waals surface area contributed by atoms with E-state index in [0.717, 1.165) is 39.2 Å². The first-order chi connectivity index (χ1) is 15.1. The third-order valence-electron chi connectivity index (χ3n) is 5.16. The lowest BCUT2D eigenvalue weighted by atomic mass is 10.0. The molecule has 1 aromatic carbocycles. The highest BCUT2D eigenvalue weighted by atomic mass is 32.2. The Morgan fingerprint density at radius 3 is 2.71 bits per heavy atom. The molecule has 156 valence electrons. The number of hydrogen-bond donors (Lipinski definition) is 1. The number of pyridine rings is 2. The molecule has 0 aliphatic carbocycles. The number of nitrogens with one attached hydrogen (secondary N) is 1. The Bertz CT molecular complexity index is 1230. The SMILES string of the molecule is CSC(CNc1cc(-c2ccc(C)nc2)ncn1)c1cccc2c(C(C)=O)ccnc12. The van der Waals surface area contributed by atoms with Crippen molar-refractivity contribution in [2.45, 2.75) is 19.1 Å². The molecule has 0 saturated carbocycles. The third kappa shape index (κ3) is 4.56. The number of carbonyl (C=O) groups is 1. The molecule has 0 fully saturated rings. The topological polar surface area (TPSA) is 80.7 Å². The van der Waals surface area contributed by atoms with Crippen LogP contribution in [0.5, 0.6) is 0 Å². The number of fused-ring (bicyclic) bond motifs is 1. The Hall–Kier alpha value is -3.32. The van der Waals surface area contributed by atoms with Crippen LogP contribution in [0.3, 0.4) is 0 Å². The Kier molecular flexibility index (Phi) is 6.23. The van der Waals surface area contributed by atoms with Crippen molar-refractivity contribution in [2.75, 3.05) is 18.1 Å². The van der Waals surface area contributed by atoms with Gasteiger partial charge in [0.25, 0.3) is 0 Å². The van der Waals surface area contributed by atoms with E-state index < -0.39 is 0 Å². The van der Waals surface area contributed by atoms with Crippen LogP contribution in [-0.4, -0.2) is 38.5 Å². The number of Topliss-reactive ketones (excluding diaryl/α,β-unsaturated/α-hetero) is 1. The van der Waals surface area contributed by atoms with Gasteiger partial charge in [-0.2, -0.15) is 11.8 Å². The molecule has 3 aromatic heterocycles. The van der Waals surface area contributed by atoms with Crippen molar-refractivity contribution in [1.29, 1.82) is 0 Å². The summed E-state index contributed by atoms with van der Waals surface area (Å²) < 4.78 is 0. The Morgan fingerprint density at radius 1 is 1.10 bits per heavy atom. The molecule has 0 aliphatic rings. The molecule has 6 nitrogen and oxygen atoms in total. The minimum absolute atomic E-state index is 0.0440. The van der Waals surface area contributed by atoms with Crippen molar-refractivity contribution >= 4 is 34.3 Å². The van der Waals surface area contributed by atoms with Crippen LogP contribution in [0.15, 0.2) is 61.2 Å². The van der Waals surface area contributed by atoms with Crippen molar-refractivity contribution in [3.05, 3.63) is 78.0 Å². The second-order valence-electron chi connectivity index (χ2n) is 7.24. The first-order valence-corrected chi connectivity index (χ1v) is 11.3. The minimum atomic E-state index is 0.0440. The molecule has 1 N–H and O–H groups in total. The number of rotatable bonds is 7. The average Bonchev–Trinajstić information content (AvgIpc) is 2.79. The molecule has 1 unspecified atom stereocenters. The lowest BCUT2D eigenvalue weighted by Crippen LogP contribution is -2.12. The largest absolute Gasteiger partial charge is 0.368 e. The highest BCUT2D eigenvalue weighted by Crippen LogP contribution is 2.33. The number of para-hydroxylation sites is 1. The van der Waals surface area contributed by atoms with Gasteiger partial charge in [-0.1, -0.05) is 18.2 Å². The van der Waals surface area contributed by atoms with E-state index in [1.54, 1.807) is 37.3 Å². The Morgan fingerprint density at radius 2 is 1.97 bits per heavy atom. The smallest absolute Gasteiger partial charge is 0.160 e. The maximum absolute atomic E-state index is 12.0. The number of aryl methyl sites for hydroxylation is 1. The summed E-state index contributed by atoms with van der Waals surface area (Å²) in [4.78, 5) is 29.7. The van der Waals surface area contributed by atoms with Gasteiger partial charge in [0.2, 0.25) is 0 Å². The number of anilines is 1. The normalized spacial score (nSPS) is 12.0. The fraction of sp³-hybridized carbons (Fsp3) is 0.208. The fourth-order valence-electron chi connectivity index (χ4n) is 3.51. The van der Waals surface area contributed by atoms with Crippen molar-refractivity contribution in [2.24, 2.45) is 0 Å². The second-order valence-corrected chi connectivity index (χ2v) is 8.28. The summed E-state index contributed by atoms with van der Waals surface area (Å²) in [6, 6.07) is 13.7. The quantitative estimate of drug-likeness (QED) is 0.409. The molecule has 4 aromatic rings. The maximum atomic E-state index is 12.0. The molecular weight excluding hydrogens is 406 g/mol. The van der Waals surface area contributed by atoms with Crippen LogP contribution in [0.4, 0.5) is 5.82 Å². The summed E-state index contributed by atoms with van der Waals surface area (Å²) in [5.41, 5.74) is 5.40. The molecule has 0 radical (unpaired) electrons. The monoisotopic (exact) mass is 429 g/mol. The van der Waals surface area contributed by atoms with Crippen LogP contribution in [0.2, 0.25) is 0 Å². The minimum Gasteiger partial charge on any atom is -0.368 e. The lowest BCUT2D eigenvalue weighted by molar-refractivity contribution is 0.101. The van der Waals surface area contributed by atoms with Crippen LogP contribution in [-0.2, 0) is 0 Å². The number of carbonyl (C=O) groups excluding carboxylic acids is 1. The molecule has 0 spiro atoms. The van der Waals surface area contributed by atoms with Gasteiger partial charge in [-0.25, -0.2) is 9.97 Å². The number of aromatic nitrogens is 4. The Labute approximate surface area is 185 Å². The van der Waals surface area contributed by atoms with Gasteiger partial charge < -0.3 is 5.32 Å². The number of benzene rings is 1. The molecule has 0 aliphatic heterocycles. The van der Waals surface area contributed by atoms with E-state index in [1.807, 2.05) is 43.5 Å². The summed E-state index contributed by atoms with van der Waals surface area (Å²) in [6.07, 6.45) is 7.16.